The van der Waals surface area contributed by atoms with Crippen molar-refractivity contribution in [1.82, 2.24) is 5.32 Å². The standard InChI is InChI=1S/C12H16BrNO2/c13-12-2-1-11(15)7-9(12)8-14-10-3-5-16-6-4-10/h1-2,7,10,14-15H,3-6,8H2. The van der Waals surface area contributed by atoms with Gasteiger partial charge in [-0.3, -0.25) is 0 Å². The summed E-state index contributed by atoms with van der Waals surface area (Å²) >= 11 is 3.48. The first kappa shape index (κ1) is 11.9. The largest absolute Gasteiger partial charge is 0.508 e. The highest BCUT2D eigenvalue weighted by Gasteiger charge is 2.13. The van der Waals surface area contributed by atoms with Gasteiger partial charge in [0.2, 0.25) is 0 Å². The molecule has 0 spiro atoms. The molecule has 0 radical (unpaired) electrons. The summed E-state index contributed by atoms with van der Waals surface area (Å²) in [5.41, 5.74) is 1.09. The number of hydrogen-bond donors (Lipinski definition) is 2. The maximum absolute atomic E-state index is 9.41. The molecule has 0 aliphatic carbocycles. The van der Waals surface area contributed by atoms with Crippen LogP contribution < -0.4 is 5.32 Å². The lowest BCUT2D eigenvalue weighted by Gasteiger charge is -2.23. The molecule has 1 saturated heterocycles. The molecule has 2 rings (SSSR count). The van der Waals surface area contributed by atoms with Crippen LogP contribution in [0.3, 0.4) is 0 Å². The molecular formula is C12H16BrNO2. The van der Waals surface area contributed by atoms with Crippen molar-refractivity contribution in [3.63, 3.8) is 0 Å². The van der Waals surface area contributed by atoms with Crippen molar-refractivity contribution in [2.75, 3.05) is 13.2 Å². The molecule has 3 nitrogen and oxygen atoms in total. The second-order valence-corrected chi connectivity index (χ2v) is 4.90. The van der Waals surface area contributed by atoms with E-state index in [4.69, 9.17) is 4.74 Å². The van der Waals surface area contributed by atoms with E-state index in [0.717, 1.165) is 42.6 Å². The molecule has 88 valence electrons. The zero-order valence-corrected chi connectivity index (χ0v) is 10.7. The van der Waals surface area contributed by atoms with E-state index in [1.165, 1.54) is 0 Å². The Bertz CT molecular complexity index is 351. The highest BCUT2D eigenvalue weighted by atomic mass is 79.9. The topological polar surface area (TPSA) is 41.5 Å². The summed E-state index contributed by atoms with van der Waals surface area (Å²) in [5.74, 6) is 0.312. The lowest BCUT2D eigenvalue weighted by atomic mass is 10.1. The van der Waals surface area contributed by atoms with Gasteiger partial charge < -0.3 is 15.2 Å². The number of hydrogen-bond acceptors (Lipinski definition) is 3. The van der Waals surface area contributed by atoms with Crippen molar-refractivity contribution in [3.05, 3.63) is 28.2 Å². The summed E-state index contributed by atoms with van der Waals surface area (Å²) in [4.78, 5) is 0. The molecule has 1 fully saturated rings. The van der Waals surface area contributed by atoms with Gasteiger partial charge in [0.15, 0.2) is 0 Å². The van der Waals surface area contributed by atoms with Gasteiger partial charge in [-0.1, -0.05) is 15.9 Å². The maximum Gasteiger partial charge on any atom is 0.115 e. The first-order chi connectivity index (χ1) is 7.75. The molecule has 1 aromatic rings. The van der Waals surface area contributed by atoms with Crippen LogP contribution in [0.5, 0.6) is 5.75 Å². The van der Waals surface area contributed by atoms with Crippen LogP contribution in [0.2, 0.25) is 0 Å². The second kappa shape index (κ2) is 5.66. The lowest BCUT2D eigenvalue weighted by Crippen LogP contribution is -2.34. The molecule has 4 heteroatoms. The van der Waals surface area contributed by atoms with Crippen LogP contribution in [0.15, 0.2) is 22.7 Å². The van der Waals surface area contributed by atoms with Crippen LogP contribution in [0.25, 0.3) is 0 Å². The average Bonchev–Trinajstić information content (AvgIpc) is 2.32. The first-order valence-corrected chi connectivity index (χ1v) is 6.33. The fourth-order valence-electron chi connectivity index (χ4n) is 1.85. The zero-order chi connectivity index (χ0) is 11.4. The van der Waals surface area contributed by atoms with Crippen LogP contribution in [0, 0.1) is 0 Å². The molecule has 0 amide bonds. The van der Waals surface area contributed by atoms with Gasteiger partial charge in [0, 0.05) is 30.3 Å². The van der Waals surface area contributed by atoms with Crippen molar-refractivity contribution in [3.8, 4) is 5.75 Å². The Hall–Kier alpha value is -0.580. The van der Waals surface area contributed by atoms with Gasteiger partial charge >= 0.3 is 0 Å². The number of phenolic OH excluding ortho intramolecular Hbond substituents is 1. The normalized spacial score (nSPS) is 17.6. The minimum Gasteiger partial charge on any atom is -0.508 e. The van der Waals surface area contributed by atoms with Crippen molar-refractivity contribution in [2.24, 2.45) is 0 Å². The van der Waals surface area contributed by atoms with Crippen LogP contribution in [-0.2, 0) is 11.3 Å². The zero-order valence-electron chi connectivity index (χ0n) is 9.08. The van der Waals surface area contributed by atoms with Gasteiger partial charge in [-0.25, -0.2) is 0 Å². The molecule has 1 aromatic carbocycles. The Balaban J connectivity index is 1.90. The van der Waals surface area contributed by atoms with Crippen molar-refractivity contribution < 1.29 is 9.84 Å². The van der Waals surface area contributed by atoms with Crippen LogP contribution in [0.1, 0.15) is 18.4 Å². The SMILES string of the molecule is Oc1ccc(Br)c(CNC2CCOCC2)c1. The van der Waals surface area contributed by atoms with Crippen LogP contribution in [-0.4, -0.2) is 24.4 Å². The third-order valence-corrected chi connectivity index (χ3v) is 3.61. The van der Waals surface area contributed by atoms with E-state index in [9.17, 15) is 5.11 Å². The van der Waals surface area contributed by atoms with E-state index < -0.39 is 0 Å². The number of ether oxygens (including phenoxy) is 1. The summed E-state index contributed by atoms with van der Waals surface area (Å²) in [6, 6.07) is 5.87. The van der Waals surface area contributed by atoms with Crippen molar-refractivity contribution in [1.29, 1.82) is 0 Å². The second-order valence-electron chi connectivity index (χ2n) is 4.04. The van der Waals surface area contributed by atoms with E-state index in [1.807, 2.05) is 6.07 Å². The van der Waals surface area contributed by atoms with Crippen molar-refractivity contribution >= 4 is 15.9 Å². The minimum absolute atomic E-state index is 0.312. The van der Waals surface area contributed by atoms with Crippen LogP contribution in [0.4, 0.5) is 0 Å². The van der Waals surface area contributed by atoms with Gasteiger partial charge in [-0.15, -0.1) is 0 Å². The van der Waals surface area contributed by atoms with Gasteiger partial charge in [0.1, 0.15) is 5.75 Å². The Morgan fingerprint density at radius 2 is 2.12 bits per heavy atom. The lowest BCUT2D eigenvalue weighted by molar-refractivity contribution is 0.0776. The van der Waals surface area contributed by atoms with E-state index in [2.05, 4.69) is 21.2 Å². The summed E-state index contributed by atoms with van der Waals surface area (Å²) in [5, 5.41) is 12.9. The van der Waals surface area contributed by atoms with Gasteiger partial charge in [0.25, 0.3) is 0 Å². The smallest absolute Gasteiger partial charge is 0.115 e. The summed E-state index contributed by atoms with van der Waals surface area (Å²) in [6.45, 7) is 2.47. The number of rotatable bonds is 3. The monoisotopic (exact) mass is 285 g/mol. The van der Waals surface area contributed by atoms with Gasteiger partial charge in [-0.05, 0) is 36.6 Å². The number of phenols is 1. The highest BCUT2D eigenvalue weighted by Crippen LogP contribution is 2.22. The predicted octanol–water partition coefficient (Wildman–Crippen LogP) is 2.42. The molecule has 0 aromatic heterocycles. The summed E-state index contributed by atoms with van der Waals surface area (Å²) in [7, 11) is 0. The molecule has 1 aliphatic heterocycles. The molecule has 0 unspecified atom stereocenters. The molecular weight excluding hydrogens is 270 g/mol. The Morgan fingerprint density at radius 3 is 2.88 bits per heavy atom. The fourth-order valence-corrected chi connectivity index (χ4v) is 2.24. The Kier molecular flexibility index (Phi) is 4.21. The van der Waals surface area contributed by atoms with E-state index in [1.54, 1.807) is 12.1 Å². The van der Waals surface area contributed by atoms with Gasteiger partial charge in [0.05, 0.1) is 0 Å². The molecule has 1 aliphatic rings. The fraction of sp³-hybridized carbons (Fsp3) is 0.500. The quantitative estimate of drug-likeness (QED) is 0.896. The van der Waals surface area contributed by atoms with E-state index in [0.29, 0.717) is 11.8 Å². The van der Waals surface area contributed by atoms with E-state index in [-0.39, 0.29) is 0 Å². The molecule has 0 saturated carbocycles. The minimum atomic E-state index is 0.312. The number of aromatic hydroxyl groups is 1. The number of benzene rings is 1. The first-order valence-electron chi connectivity index (χ1n) is 5.54. The van der Waals surface area contributed by atoms with E-state index >= 15 is 0 Å². The number of nitrogens with one attached hydrogen (secondary N) is 1. The van der Waals surface area contributed by atoms with Gasteiger partial charge in [-0.2, -0.15) is 0 Å². The maximum atomic E-state index is 9.41. The molecule has 2 N–H and O–H groups in total. The number of halogens is 1. The Labute approximate surface area is 104 Å². The molecule has 16 heavy (non-hydrogen) atoms. The van der Waals surface area contributed by atoms with Crippen LogP contribution >= 0.6 is 15.9 Å². The predicted molar refractivity (Wildman–Crippen MR) is 66.5 cm³/mol. The third-order valence-electron chi connectivity index (χ3n) is 2.83. The Morgan fingerprint density at radius 1 is 1.38 bits per heavy atom. The molecule has 0 bridgehead atoms. The average molecular weight is 286 g/mol. The third kappa shape index (κ3) is 3.20. The summed E-state index contributed by atoms with van der Waals surface area (Å²) < 4.78 is 6.34. The highest BCUT2D eigenvalue weighted by molar-refractivity contribution is 9.10. The van der Waals surface area contributed by atoms with Crippen molar-refractivity contribution in [2.45, 2.75) is 25.4 Å². The summed E-state index contributed by atoms with van der Waals surface area (Å²) in [6.07, 6.45) is 2.13. The molecule has 1 heterocycles. The molecule has 0 atom stereocenters.